The highest BCUT2D eigenvalue weighted by Gasteiger charge is 2.30. The fourth-order valence-electron chi connectivity index (χ4n) is 3.88. The van der Waals surface area contributed by atoms with Gasteiger partial charge >= 0.3 is 0 Å². The molecule has 0 spiro atoms. The fraction of sp³-hybridized carbons (Fsp3) is 0.650. The summed E-state index contributed by atoms with van der Waals surface area (Å²) in [5.41, 5.74) is 1.28. The highest BCUT2D eigenvalue weighted by molar-refractivity contribution is 5.82. The molecule has 138 valence electrons. The molecule has 1 amide bonds. The Labute approximate surface area is 151 Å². The molecule has 1 unspecified atom stereocenters. The van der Waals surface area contributed by atoms with Gasteiger partial charge < -0.3 is 15.4 Å². The van der Waals surface area contributed by atoms with E-state index < -0.39 is 0 Å². The molecule has 2 N–H and O–H groups in total. The van der Waals surface area contributed by atoms with Crippen LogP contribution in [0.1, 0.15) is 37.8 Å². The Morgan fingerprint density at radius 3 is 2.68 bits per heavy atom. The molecule has 0 radical (unpaired) electrons. The van der Waals surface area contributed by atoms with Crippen molar-refractivity contribution in [2.75, 3.05) is 33.3 Å². The first-order valence-electron chi connectivity index (χ1n) is 9.50. The summed E-state index contributed by atoms with van der Waals surface area (Å²) in [6, 6.07) is 10.7. The van der Waals surface area contributed by atoms with Crippen molar-refractivity contribution in [3.63, 3.8) is 0 Å². The number of nitrogens with zero attached hydrogens (tertiary/aromatic N) is 1. The average molecular weight is 345 g/mol. The molecule has 25 heavy (non-hydrogen) atoms. The molecule has 1 aromatic carbocycles. The summed E-state index contributed by atoms with van der Waals surface area (Å²) in [6.07, 6.45) is 3.36. The van der Waals surface area contributed by atoms with Gasteiger partial charge in [0.05, 0.1) is 18.2 Å². The number of hydrogen-bond acceptors (Lipinski definition) is 4. The van der Waals surface area contributed by atoms with Crippen LogP contribution in [0.3, 0.4) is 0 Å². The van der Waals surface area contributed by atoms with Crippen molar-refractivity contribution in [1.82, 2.24) is 15.5 Å². The molecule has 5 heteroatoms. The van der Waals surface area contributed by atoms with Crippen LogP contribution in [0.4, 0.5) is 0 Å². The first-order valence-corrected chi connectivity index (χ1v) is 9.50. The van der Waals surface area contributed by atoms with Crippen molar-refractivity contribution in [2.24, 2.45) is 5.92 Å². The number of amides is 1. The third-order valence-electron chi connectivity index (χ3n) is 5.65. The molecule has 3 rings (SSSR count). The predicted molar refractivity (Wildman–Crippen MR) is 99.4 cm³/mol. The number of methoxy groups -OCH3 is 1. The molecule has 0 aliphatic carbocycles. The Balaban J connectivity index is 1.61. The Bertz CT molecular complexity index is 543. The van der Waals surface area contributed by atoms with Gasteiger partial charge in [-0.3, -0.25) is 9.69 Å². The standard InChI is InChI=1S/C20H31N3O2/c1-15-8-10-23(11-9-15)19(16-6-4-3-5-7-16)14-22-20(24)18-12-17(25-2)13-21-18/h3-7,15,17-19,21H,8-14H2,1-2H3,(H,22,24)/t17-,18+,19?/m0/s1. The van der Waals surface area contributed by atoms with E-state index in [-0.39, 0.29) is 24.1 Å². The quantitative estimate of drug-likeness (QED) is 0.827. The van der Waals surface area contributed by atoms with Crippen LogP contribution in [0.5, 0.6) is 0 Å². The maximum absolute atomic E-state index is 12.5. The second kappa shape index (κ2) is 8.79. The summed E-state index contributed by atoms with van der Waals surface area (Å²) in [4.78, 5) is 15.1. The summed E-state index contributed by atoms with van der Waals surface area (Å²) < 4.78 is 5.34. The lowest BCUT2D eigenvalue weighted by molar-refractivity contribution is -0.123. The number of carbonyl (C=O) groups excluding carboxylic acids is 1. The zero-order chi connectivity index (χ0) is 17.6. The van der Waals surface area contributed by atoms with Crippen LogP contribution < -0.4 is 10.6 Å². The number of carbonyl (C=O) groups is 1. The van der Waals surface area contributed by atoms with Gasteiger partial charge in [-0.05, 0) is 43.8 Å². The number of ether oxygens (including phenoxy) is 1. The van der Waals surface area contributed by atoms with Crippen LogP contribution in [0, 0.1) is 5.92 Å². The maximum Gasteiger partial charge on any atom is 0.237 e. The van der Waals surface area contributed by atoms with Crippen LogP contribution >= 0.6 is 0 Å². The lowest BCUT2D eigenvalue weighted by Gasteiger charge is -2.37. The molecule has 2 aliphatic rings. The van der Waals surface area contributed by atoms with Crippen LogP contribution in [0.15, 0.2) is 30.3 Å². The summed E-state index contributed by atoms with van der Waals surface area (Å²) >= 11 is 0. The van der Waals surface area contributed by atoms with Gasteiger partial charge in [0.15, 0.2) is 0 Å². The highest BCUT2D eigenvalue weighted by Crippen LogP contribution is 2.26. The molecule has 2 heterocycles. The molecule has 1 aromatic rings. The zero-order valence-corrected chi connectivity index (χ0v) is 15.4. The van der Waals surface area contributed by atoms with Crippen LogP contribution in [0.25, 0.3) is 0 Å². The normalized spacial score (nSPS) is 26.5. The number of nitrogens with one attached hydrogen (secondary N) is 2. The van der Waals surface area contributed by atoms with E-state index in [4.69, 9.17) is 4.74 Å². The van der Waals surface area contributed by atoms with Crippen molar-refractivity contribution in [1.29, 1.82) is 0 Å². The molecule has 3 atom stereocenters. The molecule has 2 fully saturated rings. The van der Waals surface area contributed by atoms with Crippen LogP contribution in [-0.4, -0.2) is 56.2 Å². The smallest absolute Gasteiger partial charge is 0.237 e. The number of piperidine rings is 1. The topological polar surface area (TPSA) is 53.6 Å². The van der Waals surface area contributed by atoms with Gasteiger partial charge in [-0.25, -0.2) is 0 Å². The Morgan fingerprint density at radius 1 is 1.32 bits per heavy atom. The largest absolute Gasteiger partial charge is 0.380 e. The highest BCUT2D eigenvalue weighted by atomic mass is 16.5. The third kappa shape index (κ3) is 4.81. The first-order chi connectivity index (χ1) is 12.2. The lowest BCUT2D eigenvalue weighted by Crippen LogP contribution is -2.46. The number of hydrogen-bond donors (Lipinski definition) is 2. The second-order valence-electron chi connectivity index (χ2n) is 7.44. The number of likely N-dealkylation sites (tertiary alicyclic amines) is 1. The van der Waals surface area contributed by atoms with Gasteiger partial charge in [-0.15, -0.1) is 0 Å². The summed E-state index contributed by atoms with van der Waals surface area (Å²) in [6.45, 7) is 5.94. The first kappa shape index (κ1) is 18.4. The van der Waals surface area contributed by atoms with Crippen molar-refractivity contribution in [2.45, 2.75) is 44.4 Å². The molecular formula is C20H31N3O2. The molecular weight excluding hydrogens is 314 g/mol. The fourth-order valence-corrected chi connectivity index (χ4v) is 3.88. The van der Waals surface area contributed by atoms with E-state index in [1.807, 2.05) is 6.07 Å². The van der Waals surface area contributed by atoms with Gasteiger partial charge in [-0.1, -0.05) is 37.3 Å². The zero-order valence-electron chi connectivity index (χ0n) is 15.4. The SMILES string of the molecule is CO[C@@H]1CN[C@@H](C(=O)NCC(c2ccccc2)N2CCC(C)CC2)C1. The van der Waals surface area contributed by atoms with E-state index in [1.54, 1.807) is 7.11 Å². The Kier molecular flexibility index (Phi) is 6.45. The van der Waals surface area contributed by atoms with E-state index in [2.05, 4.69) is 46.7 Å². The van der Waals surface area contributed by atoms with E-state index in [0.29, 0.717) is 6.54 Å². The van der Waals surface area contributed by atoms with E-state index >= 15 is 0 Å². The molecule has 2 saturated heterocycles. The minimum absolute atomic E-state index is 0.0888. The number of rotatable bonds is 6. The summed E-state index contributed by atoms with van der Waals surface area (Å²) in [7, 11) is 1.70. The Hall–Kier alpha value is -1.43. The molecule has 0 bridgehead atoms. The monoisotopic (exact) mass is 345 g/mol. The molecule has 0 saturated carbocycles. The Morgan fingerprint density at radius 2 is 2.04 bits per heavy atom. The maximum atomic E-state index is 12.5. The molecule has 2 aliphatic heterocycles. The minimum atomic E-state index is -0.136. The number of benzene rings is 1. The van der Waals surface area contributed by atoms with Gasteiger partial charge in [0.1, 0.15) is 0 Å². The van der Waals surface area contributed by atoms with Gasteiger partial charge in [0.2, 0.25) is 5.91 Å². The van der Waals surface area contributed by atoms with Crippen molar-refractivity contribution >= 4 is 5.91 Å². The van der Waals surface area contributed by atoms with E-state index in [0.717, 1.165) is 32.0 Å². The predicted octanol–water partition coefficient (Wildman–Crippen LogP) is 1.95. The van der Waals surface area contributed by atoms with Gasteiger partial charge in [0, 0.05) is 20.2 Å². The minimum Gasteiger partial charge on any atom is -0.380 e. The summed E-state index contributed by atoms with van der Waals surface area (Å²) in [5, 5.41) is 6.43. The molecule has 5 nitrogen and oxygen atoms in total. The van der Waals surface area contributed by atoms with Crippen molar-refractivity contribution in [3.05, 3.63) is 35.9 Å². The summed E-state index contributed by atoms with van der Waals surface area (Å²) in [5.74, 6) is 0.891. The average Bonchev–Trinajstić information content (AvgIpc) is 3.13. The lowest BCUT2D eigenvalue weighted by atomic mass is 9.95. The van der Waals surface area contributed by atoms with Crippen molar-refractivity contribution in [3.8, 4) is 0 Å². The van der Waals surface area contributed by atoms with E-state index in [1.165, 1.54) is 18.4 Å². The van der Waals surface area contributed by atoms with Crippen LogP contribution in [0.2, 0.25) is 0 Å². The van der Waals surface area contributed by atoms with E-state index in [9.17, 15) is 4.79 Å². The molecule has 0 aromatic heterocycles. The van der Waals surface area contributed by atoms with Gasteiger partial charge in [0.25, 0.3) is 0 Å². The second-order valence-corrected chi connectivity index (χ2v) is 7.44. The van der Waals surface area contributed by atoms with Gasteiger partial charge in [-0.2, -0.15) is 0 Å². The third-order valence-corrected chi connectivity index (χ3v) is 5.65. The van der Waals surface area contributed by atoms with Crippen molar-refractivity contribution < 1.29 is 9.53 Å². The van der Waals surface area contributed by atoms with Crippen LogP contribution in [-0.2, 0) is 9.53 Å².